The molecular weight excluding hydrogens is 308 g/mol. The second kappa shape index (κ2) is 9.26. The third kappa shape index (κ3) is 5.53. The van der Waals surface area contributed by atoms with Crippen LogP contribution in [0.2, 0.25) is 0 Å². The highest BCUT2D eigenvalue weighted by Crippen LogP contribution is 2.16. The van der Waals surface area contributed by atoms with Crippen molar-refractivity contribution in [3.8, 4) is 5.75 Å². The fourth-order valence-electron chi connectivity index (χ4n) is 1.85. The molecule has 0 atom stereocenters. The molecule has 0 saturated carbocycles. The molecule has 0 aromatic heterocycles. The Morgan fingerprint density at radius 2 is 1.73 bits per heavy atom. The molecule has 2 rings (SSSR count). The molecule has 0 amide bonds. The summed E-state index contributed by atoms with van der Waals surface area (Å²) in [7, 11) is 0. The van der Waals surface area contributed by atoms with E-state index in [1.54, 1.807) is 0 Å². The molecular formula is C17H20ClF2NO. The van der Waals surface area contributed by atoms with E-state index in [1.807, 2.05) is 24.3 Å². The Labute approximate surface area is 135 Å². The lowest BCUT2D eigenvalue weighted by Gasteiger charge is -2.09. The number of benzene rings is 2. The van der Waals surface area contributed by atoms with Gasteiger partial charge in [0.25, 0.3) is 0 Å². The minimum Gasteiger partial charge on any atom is -0.494 e. The normalized spacial score (nSPS) is 9.95. The van der Waals surface area contributed by atoms with E-state index in [-0.39, 0.29) is 12.4 Å². The molecule has 120 valence electrons. The maximum absolute atomic E-state index is 13.1. The van der Waals surface area contributed by atoms with Gasteiger partial charge < -0.3 is 10.1 Å². The van der Waals surface area contributed by atoms with E-state index in [9.17, 15) is 8.78 Å². The SMILES string of the molecule is CCCCOc1ccc(CNc2ccc(F)c(F)c2)cc1.Cl. The van der Waals surface area contributed by atoms with Gasteiger partial charge in [0.2, 0.25) is 0 Å². The Morgan fingerprint density at radius 1 is 1.00 bits per heavy atom. The van der Waals surface area contributed by atoms with E-state index in [0.29, 0.717) is 12.2 Å². The van der Waals surface area contributed by atoms with Gasteiger partial charge in [0, 0.05) is 18.3 Å². The minimum atomic E-state index is -0.848. The predicted molar refractivity (Wildman–Crippen MR) is 87.8 cm³/mol. The Kier molecular flexibility index (Phi) is 7.67. The fraction of sp³-hybridized carbons (Fsp3) is 0.294. The molecule has 0 radical (unpaired) electrons. The summed E-state index contributed by atoms with van der Waals surface area (Å²) in [5, 5.41) is 3.05. The zero-order chi connectivity index (χ0) is 15.1. The largest absolute Gasteiger partial charge is 0.494 e. The van der Waals surface area contributed by atoms with Crippen LogP contribution in [0, 0.1) is 11.6 Å². The van der Waals surface area contributed by atoms with Crippen molar-refractivity contribution in [1.82, 2.24) is 0 Å². The molecule has 2 aromatic rings. The number of hydrogen-bond donors (Lipinski definition) is 1. The van der Waals surface area contributed by atoms with E-state index >= 15 is 0 Å². The lowest BCUT2D eigenvalue weighted by Crippen LogP contribution is -2.01. The van der Waals surface area contributed by atoms with Crippen molar-refractivity contribution in [1.29, 1.82) is 0 Å². The van der Waals surface area contributed by atoms with Gasteiger partial charge in [-0.05, 0) is 36.2 Å². The van der Waals surface area contributed by atoms with Gasteiger partial charge in [-0.1, -0.05) is 25.5 Å². The third-order valence-corrected chi connectivity index (χ3v) is 3.11. The van der Waals surface area contributed by atoms with E-state index < -0.39 is 11.6 Å². The number of unbranched alkanes of at least 4 members (excludes halogenated alkanes) is 1. The Balaban J connectivity index is 0.00000242. The highest BCUT2D eigenvalue weighted by Gasteiger charge is 2.02. The van der Waals surface area contributed by atoms with Crippen molar-refractivity contribution in [2.45, 2.75) is 26.3 Å². The topological polar surface area (TPSA) is 21.3 Å². The smallest absolute Gasteiger partial charge is 0.160 e. The molecule has 2 aromatic carbocycles. The summed E-state index contributed by atoms with van der Waals surface area (Å²) < 4.78 is 31.5. The molecule has 0 fully saturated rings. The Bertz CT molecular complexity index is 575. The number of nitrogens with one attached hydrogen (secondary N) is 1. The highest BCUT2D eigenvalue weighted by atomic mass is 35.5. The van der Waals surface area contributed by atoms with Crippen molar-refractivity contribution in [3.05, 3.63) is 59.7 Å². The van der Waals surface area contributed by atoms with Gasteiger partial charge in [0.1, 0.15) is 5.75 Å². The monoisotopic (exact) mass is 327 g/mol. The van der Waals surface area contributed by atoms with E-state index in [4.69, 9.17) is 4.74 Å². The first-order valence-corrected chi connectivity index (χ1v) is 7.09. The first-order valence-electron chi connectivity index (χ1n) is 7.09. The van der Waals surface area contributed by atoms with Crippen molar-refractivity contribution in [2.24, 2.45) is 0 Å². The van der Waals surface area contributed by atoms with Crippen LogP contribution in [-0.4, -0.2) is 6.61 Å². The lowest BCUT2D eigenvalue weighted by atomic mass is 10.2. The quantitative estimate of drug-likeness (QED) is 0.708. The van der Waals surface area contributed by atoms with Crippen LogP contribution in [0.3, 0.4) is 0 Å². The van der Waals surface area contributed by atoms with Gasteiger partial charge in [-0.25, -0.2) is 8.78 Å². The summed E-state index contributed by atoms with van der Waals surface area (Å²) in [5.74, 6) is -0.839. The molecule has 0 saturated heterocycles. The maximum Gasteiger partial charge on any atom is 0.160 e. The first kappa shape index (κ1) is 18.2. The van der Waals surface area contributed by atoms with Gasteiger partial charge in [-0.2, -0.15) is 0 Å². The van der Waals surface area contributed by atoms with Crippen molar-refractivity contribution in [3.63, 3.8) is 0 Å². The number of rotatable bonds is 7. The number of halogens is 3. The van der Waals surface area contributed by atoms with Crippen LogP contribution in [0.5, 0.6) is 5.75 Å². The van der Waals surface area contributed by atoms with Crippen molar-refractivity contribution < 1.29 is 13.5 Å². The number of hydrogen-bond acceptors (Lipinski definition) is 2. The summed E-state index contributed by atoms with van der Waals surface area (Å²) in [4.78, 5) is 0. The number of ether oxygens (including phenoxy) is 1. The molecule has 0 aliphatic rings. The molecule has 22 heavy (non-hydrogen) atoms. The molecule has 0 bridgehead atoms. The molecule has 0 aliphatic heterocycles. The van der Waals surface area contributed by atoms with Crippen LogP contribution >= 0.6 is 12.4 Å². The van der Waals surface area contributed by atoms with Gasteiger partial charge in [0.15, 0.2) is 11.6 Å². The third-order valence-electron chi connectivity index (χ3n) is 3.11. The molecule has 0 unspecified atom stereocenters. The van der Waals surface area contributed by atoms with E-state index in [1.165, 1.54) is 6.07 Å². The summed E-state index contributed by atoms with van der Waals surface area (Å²) in [6.07, 6.45) is 2.15. The predicted octanol–water partition coefficient (Wildman–Crippen LogP) is 5.18. The zero-order valence-corrected chi connectivity index (χ0v) is 13.3. The van der Waals surface area contributed by atoms with E-state index in [2.05, 4.69) is 12.2 Å². The molecule has 5 heteroatoms. The van der Waals surface area contributed by atoms with Crippen LogP contribution in [-0.2, 0) is 6.54 Å². The van der Waals surface area contributed by atoms with E-state index in [0.717, 1.165) is 42.9 Å². The van der Waals surface area contributed by atoms with Crippen LogP contribution in [0.4, 0.5) is 14.5 Å². The van der Waals surface area contributed by atoms with Gasteiger partial charge in [-0.15, -0.1) is 12.4 Å². The van der Waals surface area contributed by atoms with Crippen LogP contribution in [0.25, 0.3) is 0 Å². The second-order valence-corrected chi connectivity index (χ2v) is 4.83. The zero-order valence-electron chi connectivity index (χ0n) is 12.4. The summed E-state index contributed by atoms with van der Waals surface area (Å²) >= 11 is 0. The number of anilines is 1. The van der Waals surface area contributed by atoms with Gasteiger partial charge in [-0.3, -0.25) is 0 Å². The average molecular weight is 328 g/mol. The molecule has 0 aliphatic carbocycles. The highest BCUT2D eigenvalue weighted by molar-refractivity contribution is 5.85. The maximum atomic E-state index is 13.1. The van der Waals surface area contributed by atoms with Crippen LogP contribution < -0.4 is 10.1 Å². The van der Waals surface area contributed by atoms with Crippen molar-refractivity contribution in [2.75, 3.05) is 11.9 Å². The van der Waals surface area contributed by atoms with Gasteiger partial charge >= 0.3 is 0 Å². The summed E-state index contributed by atoms with van der Waals surface area (Å²) in [6, 6.07) is 11.5. The molecule has 0 spiro atoms. The fourth-order valence-corrected chi connectivity index (χ4v) is 1.85. The molecule has 2 nitrogen and oxygen atoms in total. The standard InChI is InChI=1S/C17H19F2NO.ClH/c1-2-3-10-21-15-7-4-13(5-8-15)12-20-14-6-9-16(18)17(19)11-14;/h4-9,11,20H,2-3,10,12H2,1H3;1H. The Morgan fingerprint density at radius 3 is 2.36 bits per heavy atom. The van der Waals surface area contributed by atoms with Gasteiger partial charge in [0.05, 0.1) is 6.61 Å². The van der Waals surface area contributed by atoms with Crippen molar-refractivity contribution >= 4 is 18.1 Å². The summed E-state index contributed by atoms with van der Waals surface area (Å²) in [5.41, 5.74) is 1.60. The second-order valence-electron chi connectivity index (χ2n) is 4.83. The minimum absolute atomic E-state index is 0. The lowest BCUT2D eigenvalue weighted by molar-refractivity contribution is 0.309. The summed E-state index contributed by atoms with van der Waals surface area (Å²) in [6.45, 7) is 3.39. The van der Waals surface area contributed by atoms with Crippen LogP contribution in [0.1, 0.15) is 25.3 Å². The van der Waals surface area contributed by atoms with Crippen LogP contribution in [0.15, 0.2) is 42.5 Å². The first-order chi connectivity index (χ1) is 10.2. The molecule has 1 N–H and O–H groups in total. The Hall–Kier alpha value is -1.81. The average Bonchev–Trinajstić information content (AvgIpc) is 2.50. The molecule has 0 heterocycles.